The molecule has 0 amide bonds. The molecule has 0 aliphatic carbocycles. The molecular formula is C13H19Cl2N. The van der Waals surface area contributed by atoms with Crippen LogP contribution in [-0.2, 0) is 0 Å². The van der Waals surface area contributed by atoms with Crippen LogP contribution in [0.2, 0.25) is 10.0 Å². The van der Waals surface area contributed by atoms with Gasteiger partial charge in [0, 0.05) is 6.04 Å². The van der Waals surface area contributed by atoms with Crippen molar-refractivity contribution in [3.63, 3.8) is 0 Å². The van der Waals surface area contributed by atoms with Gasteiger partial charge in [0.15, 0.2) is 0 Å². The molecule has 1 unspecified atom stereocenters. The Bertz CT molecular complexity index is 337. The molecule has 1 atom stereocenters. The van der Waals surface area contributed by atoms with Crippen LogP contribution in [0.25, 0.3) is 0 Å². The first-order valence-corrected chi connectivity index (χ1v) is 6.50. The molecule has 16 heavy (non-hydrogen) atoms. The van der Waals surface area contributed by atoms with Crippen molar-refractivity contribution in [1.29, 1.82) is 0 Å². The Morgan fingerprint density at radius 3 is 2.50 bits per heavy atom. The summed E-state index contributed by atoms with van der Waals surface area (Å²) in [5.41, 5.74) is 1.10. The predicted octanol–water partition coefficient (Wildman–Crippen LogP) is 4.69. The van der Waals surface area contributed by atoms with E-state index in [0.29, 0.717) is 16.0 Å². The van der Waals surface area contributed by atoms with Gasteiger partial charge < -0.3 is 5.32 Å². The second kappa shape index (κ2) is 6.48. The maximum absolute atomic E-state index is 6.24. The van der Waals surface area contributed by atoms with Crippen molar-refractivity contribution in [1.82, 2.24) is 5.32 Å². The van der Waals surface area contributed by atoms with E-state index in [-0.39, 0.29) is 6.04 Å². The molecule has 3 heteroatoms. The van der Waals surface area contributed by atoms with Crippen LogP contribution in [0, 0.1) is 5.92 Å². The van der Waals surface area contributed by atoms with Gasteiger partial charge in [-0.2, -0.15) is 0 Å². The molecule has 0 saturated carbocycles. The lowest BCUT2D eigenvalue weighted by Crippen LogP contribution is -2.26. The summed E-state index contributed by atoms with van der Waals surface area (Å²) in [6.45, 7) is 7.52. The van der Waals surface area contributed by atoms with Gasteiger partial charge >= 0.3 is 0 Å². The van der Waals surface area contributed by atoms with Crippen LogP contribution in [0.4, 0.5) is 0 Å². The second-order valence-corrected chi connectivity index (χ2v) is 5.10. The molecule has 0 radical (unpaired) electrons. The minimum atomic E-state index is 0.270. The summed E-state index contributed by atoms with van der Waals surface area (Å²) in [5.74, 6) is 0.488. The Morgan fingerprint density at radius 1 is 1.25 bits per heavy atom. The van der Waals surface area contributed by atoms with Crippen LogP contribution in [-0.4, -0.2) is 6.54 Å². The predicted molar refractivity (Wildman–Crippen MR) is 72.3 cm³/mol. The monoisotopic (exact) mass is 259 g/mol. The minimum Gasteiger partial charge on any atom is -0.310 e. The third-order valence-electron chi connectivity index (χ3n) is 2.60. The highest BCUT2D eigenvalue weighted by Crippen LogP contribution is 2.33. The molecule has 1 aromatic carbocycles. The smallest absolute Gasteiger partial charge is 0.0640 e. The highest BCUT2D eigenvalue weighted by molar-refractivity contribution is 6.42. The van der Waals surface area contributed by atoms with Crippen LogP contribution in [0.5, 0.6) is 0 Å². The maximum atomic E-state index is 6.24. The van der Waals surface area contributed by atoms with E-state index in [1.165, 1.54) is 0 Å². The minimum absolute atomic E-state index is 0.270. The van der Waals surface area contributed by atoms with Gasteiger partial charge in [-0.15, -0.1) is 0 Å². The van der Waals surface area contributed by atoms with Crippen LogP contribution in [0.3, 0.4) is 0 Å². The second-order valence-electron chi connectivity index (χ2n) is 4.32. The summed E-state index contributed by atoms with van der Waals surface area (Å²) >= 11 is 12.3. The SMILES string of the molecule is CCCNC(c1cccc(Cl)c1Cl)C(C)C. The molecule has 0 saturated heterocycles. The largest absolute Gasteiger partial charge is 0.310 e. The third-order valence-corrected chi connectivity index (χ3v) is 3.43. The Labute approximate surface area is 108 Å². The van der Waals surface area contributed by atoms with E-state index in [2.05, 4.69) is 26.1 Å². The van der Waals surface area contributed by atoms with Gasteiger partial charge in [-0.1, -0.05) is 56.1 Å². The number of nitrogens with one attached hydrogen (secondary N) is 1. The third kappa shape index (κ3) is 3.38. The van der Waals surface area contributed by atoms with Crippen LogP contribution in [0.1, 0.15) is 38.8 Å². The molecule has 0 fully saturated rings. The van der Waals surface area contributed by atoms with Crippen molar-refractivity contribution in [3.8, 4) is 0 Å². The van der Waals surface area contributed by atoms with Crippen LogP contribution < -0.4 is 5.32 Å². The Balaban J connectivity index is 2.96. The lowest BCUT2D eigenvalue weighted by atomic mass is 9.96. The molecule has 1 rings (SSSR count). The highest BCUT2D eigenvalue weighted by atomic mass is 35.5. The molecule has 0 aliphatic heterocycles. The zero-order valence-electron chi connectivity index (χ0n) is 10.1. The van der Waals surface area contributed by atoms with E-state index in [0.717, 1.165) is 18.5 Å². The summed E-state index contributed by atoms with van der Waals surface area (Å²) in [5, 5.41) is 4.81. The Hall–Kier alpha value is -0.240. The van der Waals surface area contributed by atoms with Gasteiger partial charge in [0.1, 0.15) is 0 Å². The number of hydrogen-bond acceptors (Lipinski definition) is 1. The Morgan fingerprint density at radius 2 is 1.94 bits per heavy atom. The molecule has 1 N–H and O–H groups in total. The molecule has 1 nitrogen and oxygen atoms in total. The molecular weight excluding hydrogens is 241 g/mol. The zero-order chi connectivity index (χ0) is 12.1. The van der Waals surface area contributed by atoms with Crippen molar-refractivity contribution in [2.45, 2.75) is 33.2 Å². The topological polar surface area (TPSA) is 12.0 Å². The summed E-state index contributed by atoms with van der Waals surface area (Å²) in [6, 6.07) is 6.09. The fraction of sp³-hybridized carbons (Fsp3) is 0.538. The van der Waals surface area contributed by atoms with E-state index >= 15 is 0 Å². The van der Waals surface area contributed by atoms with Gasteiger partial charge in [-0.3, -0.25) is 0 Å². The summed E-state index contributed by atoms with van der Waals surface area (Å²) < 4.78 is 0. The van der Waals surface area contributed by atoms with Gasteiger partial charge in [0.05, 0.1) is 10.0 Å². The van der Waals surface area contributed by atoms with E-state index in [1.54, 1.807) is 0 Å². The fourth-order valence-electron chi connectivity index (χ4n) is 1.77. The maximum Gasteiger partial charge on any atom is 0.0640 e. The van der Waals surface area contributed by atoms with Crippen LogP contribution in [0.15, 0.2) is 18.2 Å². The summed E-state index contributed by atoms with van der Waals surface area (Å²) in [4.78, 5) is 0. The van der Waals surface area contributed by atoms with Gasteiger partial charge in [0.25, 0.3) is 0 Å². The summed E-state index contributed by atoms with van der Waals surface area (Å²) in [6.07, 6.45) is 1.11. The molecule has 0 aromatic heterocycles. The number of rotatable bonds is 5. The first-order chi connectivity index (χ1) is 7.57. The molecule has 90 valence electrons. The zero-order valence-corrected chi connectivity index (χ0v) is 11.6. The van der Waals surface area contributed by atoms with E-state index in [1.807, 2.05) is 18.2 Å². The normalized spacial score (nSPS) is 13.1. The van der Waals surface area contributed by atoms with Crippen molar-refractivity contribution < 1.29 is 0 Å². The highest BCUT2D eigenvalue weighted by Gasteiger charge is 2.18. The number of benzene rings is 1. The van der Waals surface area contributed by atoms with Crippen molar-refractivity contribution in [3.05, 3.63) is 33.8 Å². The molecule has 1 aromatic rings. The van der Waals surface area contributed by atoms with Crippen molar-refractivity contribution in [2.75, 3.05) is 6.54 Å². The van der Waals surface area contributed by atoms with Crippen molar-refractivity contribution >= 4 is 23.2 Å². The first-order valence-electron chi connectivity index (χ1n) is 5.75. The fourth-order valence-corrected chi connectivity index (χ4v) is 2.19. The lowest BCUT2D eigenvalue weighted by Gasteiger charge is -2.24. The van der Waals surface area contributed by atoms with E-state index < -0.39 is 0 Å². The van der Waals surface area contributed by atoms with Crippen LogP contribution >= 0.6 is 23.2 Å². The quantitative estimate of drug-likeness (QED) is 0.809. The average Bonchev–Trinajstić information content (AvgIpc) is 2.24. The number of hydrogen-bond donors (Lipinski definition) is 1. The van der Waals surface area contributed by atoms with Crippen molar-refractivity contribution in [2.24, 2.45) is 5.92 Å². The standard InChI is InChI=1S/C13H19Cl2N/c1-4-8-16-13(9(2)3)10-6-5-7-11(14)12(10)15/h5-7,9,13,16H,4,8H2,1-3H3. The molecule has 0 spiro atoms. The Kier molecular flexibility index (Phi) is 5.60. The summed E-state index contributed by atoms with van der Waals surface area (Å²) in [7, 11) is 0. The molecule has 0 bridgehead atoms. The first kappa shape index (κ1) is 13.8. The lowest BCUT2D eigenvalue weighted by molar-refractivity contribution is 0.413. The molecule has 0 heterocycles. The van der Waals surface area contributed by atoms with Gasteiger partial charge in [0.2, 0.25) is 0 Å². The number of halogens is 2. The van der Waals surface area contributed by atoms with E-state index in [9.17, 15) is 0 Å². The van der Waals surface area contributed by atoms with E-state index in [4.69, 9.17) is 23.2 Å². The average molecular weight is 260 g/mol. The van der Waals surface area contributed by atoms with Gasteiger partial charge in [-0.05, 0) is 30.5 Å². The van der Waals surface area contributed by atoms with Gasteiger partial charge in [-0.25, -0.2) is 0 Å². The molecule has 0 aliphatic rings.